The lowest BCUT2D eigenvalue weighted by atomic mass is 10.1. The minimum absolute atomic E-state index is 0.0677. The Balaban J connectivity index is 1.28. The van der Waals surface area contributed by atoms with Crippen LogP contribution in [-0.4, -0.2) is 47.9 Å². The molecule has 0 saturated carbocycles. The molecule has 1 aromatic heterocycles. The van der Waals surface area contributed by atoms with E-state index < -0.39 is 12.1 Å². The van der Waals surface area contributed by atoms with Crippen LogP contribution in [-0.2, 0) is 12.6 Å². The summed E-state index contributed by atoms with van der Waals surface area (Å²) in [6, 6.07) is 14.7. The van der Waals surface area contributed by atoms with Gasteiger partial charge in [0.05, 0.1) is 7.11 Å². The van der Waals surface area contributed by atoms with E-state index in [0.29, 0.717) is 11.3 Å². The Morgan fingerprint density at radius 2 is 1.94 bits per heavy atom. The minimum Gasteiger partial charge on any atom is -0.497 e. The molecule has 2 aromatic carbocycles. The summed E-state index contributed by atoms with van der Waals surface area (Å²) in [5.74, 6) is 0.0493. The number of likely N-dealkylation sites (tertiary alicyclic amines) is 1. The van der Waals surface area contributed by atoms with Crippen LogP contribution in [0.25, 0.3) is 11.4 Å². The van der Waals surface area contributed by atoms with Gasteiger partial charge in [-0.3, -0.25) is 4.90 Å². The fraction of sp³-hybridized carbons (Fsp3) is 0.364. The number of rotatable bonds is 7. The number of methoxy groups -OCH3 is 1. The van der Waals surface area contributed by atoms with E-state index in [0.717, 1.165) is 38.2 Å². The molecule has 31 heavy (non-hydrogen) atoms. The molecule has 0 radical (unpaired) electrons. The maximum atomic E-state index is 12.6. The van der Waals surface area contributed by atoms with E-state index in [1.807, 2.05) is 18.2 Å². The van der Waals surface area contributed by atoms with Gasteiger partial charge in [0.1, 0.15) is 17.6 Å². The summed E-state index contributed by atoms with van der Waals surface area (Å²) in [5, 5.41) is 3.39. The maximum Gasteiger partial charge on any atom is 0.471 e. The molecule has 0 spiro atoms. The molecular formula is C22H22F3N3O3. The summed E-state index contributed by atoms with van der Waals surface area (Å²) in [7, 11) is 1.66. The zero-order valence-corrected chi connectivity index (χ0v) is 16.9. The number of halogens is 3. The fourth-order valence-corrected chi connectivity index (χ4v) is 3.54. The lowest BCUT2D eigenvalue weighted by Crippen LogP contribution is -2.26. The molecule has 1 fully saturated rings. The second kappa shape index (κ2) is 8.97. The van der Waals surface area contributed by atoms with Gasteiger partial charge in [0.25, 0.3) is 0 Å². The summed E-state index contributed by atoms with van der Waals surface area (Å²) in [6.45, 7) is 2.71. The van der Waals surface area contributed by atoms with Gasteiger partial charge in [0, 0.05) is 25.2 Å². The van der Waals surface area contributed by atoms with Crippen LogP contribution in [0.15, 0.2) is 53.1 Å². The van der Waals surface area contributed by atoms with Gasteiger partial charge < -0.3 is 14.0 Å². The molecule has 1 aliphatic rings. The van der Waals surface area contributed by atoms with E-state index in [1.165, 1.54) is 5.56 Å². The van der Waals surface area contributed by atoms with Gasteiger partial charge in [-0.15, -0.1) is 0 Å². The lowest BCUT2D eigenvalue weighted by molar-refractivity contribution is -0.159. The van der Waals surface area contributed by atoms with Gasteiger partial charge in [-0.25, -0.2) is 0 Å². The topological polar surface area (TPSA) is 60.6 Å². The molecule has 0 aliphatic carbocycles. The molecule has 0 bridgehead atoms. The monoisotopic (exact) mass is 433 g/mol. The highest BCUT2D eigenvalue weighted by Gasteiger charge is 2.38. The Hall–Kier alpha value is -3.07. The Bertz CT molecular complexity index is 1000. The van der Waals surface area contributed by atoms with Crippen LogP contribution in [0.4, 0.5) is 13.2 Å². The third-order valence-electron chi connectivity index (χ3n) is 5.16. The Kier molecular flexibility index (Phi) is 6.13. The summed E-state index contributed by atoms with van der Waals surface area (Å²) in [6.07, 6.45) is -2.74. The van der Waals surface area contributed by atoms with E-state index in [4.69, 9.17) is 9.47 Å². The van der Waals surface area contributed by atoms with Crippen molar-refractivity contribution in [3.05, 3.63) is 60.0 Å². The van der Waals surface area contributed by atoms with Crippen LogP contribution in [0.1, 0.15) is 17.9 Å². The van der Waals surface area contributed by atoms with Crippen molar-refractivity contribution >= 4 is 0 Å². The first-order valence-corrected chi connectivity index (χ1v) is 9.94. The number of hydrogen-bond donors (Lipinski definition) is 0. The smallest absolute Gasteiger partial charge is 0.471 e. The van der Waals surface area contributed by atoms with E-state index >= 15 is 0 Å². The molecule has 0 N–H and O–H groups in total. The number of hydrogen-bond acceptors (Lipinski definition) is 6. The summed E-state index contributed by atoms with van der Waals surface area (Å²) in [4.78, 5) is 5.75. The van der Waals surface area contributed by atoms with Crippen molar-refractivity contribution in [2.24, 2.45) is 0 Å². The van der Waals surface area contributed by atoms with Crippen molar-refractivity contribution in [3.63, 3.8) is 0 Å². The van der Waals surface area contributed by atoms with Crippen molar-refractivity contribution in [3.8, 4) is 22.9 Å². The molecule has 164 valence electrons. The van der Waals surface area contributed by atoms with Crippen molar-refractivity contribution in [2.75, 3.05) is 26.7 Å². The SMILES string of the molecule is COc1cccc(CCN2CC[C@H](Oc3ccc(-c4noc(C(F)(F)F)n4)cc3)C2)c1. The van der Waals surface area contributed by atoms with Crippen LogP contribution < -0.4 is 9.47 Å². The quantitative estimate of drug-likeness (QED) is 0.548. The highest BCUT2D eigenvalue weighted by atomic mass is 19.4. The third kappa shape index (κ3) is 5.35. The van der Waals surface area contributed by atoms with E-state index in [2.05, 4.69) is 25.6 Å². The Morgan fingerprint density at radius 3 is 2.65 bits per heavy atom. The van der Waals surface area contributed by atoms with Crippen molar-refractivity contribution in [2.45, 2.75) is 25.1 Å². The van der Waals surface area contributed by atoms with Crippen molar-refractivity contribution in [1.29, 1.82) is 0 Å². The predicted molar refractivity (Wildman–Crippen MR) is 107 cm³/mol. The number of alkyl halides is 3. The first-order valence-electron chi connectivity index (χ1n) is 9.94. The summed E-state index contributed by atoms with van der Waals surface area (Å²) >= 11 is 0. The standard InChI is InChI=1S/C22H22F3N3O3/c1-29-18-4-2-3-15(13-18)9-11-28-12-10-19(14-28)30-17-7-5-16(6-8-17)20-26-21(31-27-20)22(23,24)25/h2-8,13,19H,9-12,14H2,1H3/t19-/m0/s1. The highest BCUT2D eigenvalue weighted by molar-refractivity contribution is 5.55. The molecule has 0 amide bonds. The van der Waals surface area contributed by atoms with Crippen molar-refractivity contribution in [1.82, 2.24) is 15.0 Å². The molecule has 9 heteroatoms. The molecule has 1 atom stereocenters. The van der Waals surface area contributed by atoms with E-state index in [-0.39, 0.29) is 11.9 Å². The molecule has 1 aliphatic heterocycles. The zero-order valence-electron chi connectivity index (χ0n) is 16.9. The van der Waals surface area contributed by atoms with Gasteiger partial charge in [0.2, 0.25) is 5.82 Å². The largest absolute Gasteiger partial charge is 0.497 e. The average Bonchev–Trinajstić information content (AvgIpc) is 3.43. The Morgan fingerprint density at radius 1 is 1.13 bits per heavy atom. The van der Waals surface area contributed by atoms with Crippen molar-refractivity contribution < 1.29 is 27.2 Å². The van der Waals surface area contributed by atoms with Gasteiger partial charge >= 0.3 is 12.1 Å². The second-order valence-electron chi connectivity index (χ2n) is 7.38. The minimum atomic E-state index is -4.66. The molecule has 0 unspecified atom stereocenters. The zero-order chi connectivity index (χ0) is 21.8. The normalized spacial score (nSPS) is 17.1. The van der Waals surface area contributed by atoms with Crippen LogP contribution >= 0.6 is 0 Å². The van der Waals surface area contributed by atoms with Gasteiger partial charge in [-0.2, -0.15) is 18.2 Å². The number of aromatic nitrogens is 2. The van der Waals surface area contributed by atoms with Crippen LogP contribution in [0, 0.1) is 0 Å². The van der Waals surface area contributed by atoms with E-state index in [9.17, 15) is 13.2 Å². The number of ether oxygens (including phenoxy) is 2. The third-order valence-corrected chi connectivity index (χ3v) is 5.16. The molecule has 2 heterocycles. The first kappa shape index (κ1) is 21.2. The molecule has 3 aromatic rings. The van der Waals surface area contributed by atoms with Crippen LogP contribution in [0.5, 0.6) is 11.5 Å². The fourth-order valence-electron chi connectivity index (χ4n) is 3.54. The predicted octanol–water partition coefficient (Wildman–Crippen LogP) is 4.46. The van der Waals surface area contributed by atoms with Crippen LogP contribution in [0.2, 0.25) is 0 Å². The maximum absolute atomic E-state index is 12.6. The number of benzene rings is 2. The highest BCUT2D eigenvalue weighted by Crippen LogP contribution is 2.30. The summed E-state index contributed by atoms with van der Waals surface area (Å²) < 4.78 is 53.4. The van der Waals surface area contributed by atoms with Crippen LogP contribution in [0.3, 0.4) is 0 Å². The van der Waals surface area contributed by atoms with E-state index in [1.54, 1.807) is 31.4 Å². The van der Waals surface area contributed by atoms with Gasteiger partial charge in [-0.1, -0.05) is 17.3 Å². The molecular weight excluding hydrogens is 411 g/mol. The van der Waals surface area contributed by atoms with Gasteiger partial charge in [-0.05, 0) is 54.8 Å². The Labute approximate surface area is 177 Å². The molecule has 4 rings (SSSR count). The van der Waals surface area contributed by atoms with Gasteiger partial charge in [0.15, 0.2) is 0 Å². The number of nitrogens with zero attached hydrogens (tertiary/aromatic N) is 3. The average molecular weight is 433 g/mol. The first-order chi connectivity index (χ1) is 14.9. The second-order valence-corrected chi connectivity index (χ2v) is 7.38. The lowest BCUT2D eigenvalue weighted by Gasteiger charge is -2.17. The molecule has 1 saturated heterocycles. The summed E-state index contributed by atoms with van der Waals surface area (Å²) in [5.41, 5.74) is 1.66. The molecule has 6 nitrogen and oxygen atoms in total.